The van der Waals surface area contributed by atoms with Crippen LogP contribution in [-0.2, 0) is 6.54 Å². The normalized spacial score (nSPS) is 16.2. The Kier molecular flexibility index (Phi) is 6.13. The van der Waals surface area contributed by atoms with Gasteiger partial charge in [-0.1, -0.05) is 56.3 Å². The van der Waals surface area contributed by atoms with Gasteiger partial charge in [-0.25, -0.2) is 4.68 Å². The summed E-state index contributed by atoms with van der Waals surface area (Å²) in [6, 6.07) is 17.2. The van der Waals surface area contributed by atoms with Crippen LogP contribution >= 0.6 is 0 Å². The van der Waals surface area contributed by atoms with Crippen LogP contribution in [0.4, 0.5) is 5.69 Å². The van der Waals surface area contributed by atoms with E-state index >= 15 is 0 Å². The van der Waals surface area contributed by atoms with Gasteiger partial charge in [0.2, 0.25) is 0 Å². The molecule has 1 aromatic heterocycles. The van der Waals surface area contributed by atoms with Gasteiger partial charge in [0.15, 0.2) is 5.82 Å². The molecule has 0 radical (unpaired) electrons. The first-order chi connectivity index (χ1) is 14.5. The predicted octanol–water partition coefficient (Wildman–Crippen LogP) is 3.86. The molecule has 0 spiro atoms. The summed E-state index contributed by atoms with van der Waals surface area (Å²) in [6.45, 7) is 13.7. The van der Waals surface area contributed by atoms with Crippen molar-refractivity contribution < 1.29 is 0 Å². The van der Waals surface area contributed by atoms with Crippen molar-refractivity contribution in [1.29, 1.82) is 0 Å². The van der Waals surface area contributed by atoms with Crippen LogP contribution in [0.1, 0.15) is 42.4 Å². The molecule has 3 aromatic rings. The molecule has 0 bridgehead atoms. The third-order valence-corrected chi connectivity index (χ3v) is 6.26. The Morgan fingerprint density at radius 3 is 2.33 bits per heavy atom. The van der Waals surface area contributed by atoms with Gasteiger partial charge in [0.25, 0.3) is 0 Å². The van der Waals surface area contributed by atoms with Gasteiger partial charge in [-0.3, -0.25) is 4.90 Å². The monoisotopic (exact) mass is 404 g/mol. The van der Waals surface area contributed by atoms with Gasteiger partial charge in [0, 0.05) is 31.9 Å². The number of anilines is 1. The molecule has 30 heavy (non-hydrogen) atoms. The van der Waals surface area contributed by atoms with Crippen molar-refractivity contribution >= 4 is 5.69 Å². The van der Waals surface area contributed by atoms with E-state index in [1.54, 1.807) is 0 Å². The first-order valence-corrected chi connectivity index (χ1v) is 10.9. The fourth-order valence-corrected chi connectivity index (χ4v) is 4.49. The van der Waals surface area contributed by atoms with Crippen LogP contribution in [0.2, 0.25) is 0 Å². The van der Waals surface area contributed by atoms with Gasteiger partial charge in [0.1, 0.15) is 0 Å². The fraction of sp³-hybridized carbons (Fsp3) is 0.458. The highest BCUT2D eigenvalue weighted by molar-refractivity contribution is 5.56. The molecule has 0 amide bonds. The lowest BCUT2D eigenvalue weighted by Crippen LogP contribution is -2.49. The lowest BCUT2D eigenvalue weighted by molar-refractivity contribution is 0.135. The molecule has 4 rings (SSSR count). The number of hydrogen-bond donors (Lipinski definition) is 0. The summed E-state index contributed by atoms with van der Waals surface area (Å²) < 4.78 is 1.97. The van der Waals surface area contributed by atoms with Gasteiger partial charge in [-0.15, -0.1) is 5.10 Å². The molecule has 0 unspecified atom stereocenters. The molecule has 2 aromatic carbocycles. The highest BCUT2D eigenvalue weighted by Gasteiger charge is 2.31. The lowest BCUT2D eigenvalue weighted by Gasteiger charge is -2.41. The minimum absolute atomic E-state index is 0.212. The lowest BCUT2D eigenvalue weighted by atomic mass is 10.00. The van der Waals surface area contributed by atoms with Crippen LogP contribution in [0.3, 0.4) is 0 Å². The van der Waals surface area contributed by atoms with Gasteiger partial charge in [-0.05, 0) is 52.9 Å². The van der Waals surface area contributed by atoms with E-state index in [9.17, 15) is 0 Å². The third-order valence-electron chi connectivity index (χ3n) is 6.26. The molecule has 6 heteroatoms. The van der Waals surface area contributed by atoms with Gasteiger partial charge >= 0.3 is 0 Å². The number of hydrogen-bond acceptors (Lipinski definition) is 5. The smallest absolute Gasteiger partial charge is 0.169 e. The first-order valence-electron chi connectivity index (χ1n) is 10.9. The summed E-state index contributed by atoms with van der Waals surface area (Å²) >= 11 is 0. The Bertz CT molecular complexity index is 957. The first kappa shape index (κ1) is 20.5. The van der Waals surface area contributed by atoms with Gasteiger partial charge in [0.05, 0.1) is 12.6 Å². The van der Waals surface area contributed by atoms with Crippen molar-refractivity contribution in [1.82, 2.24) is 25.1 Å². The zero-order valence-corrected chi connectivity index (χ0v) is 18.5. The molecule has 2 heterocycles. The molecule has 1 aliphatic heterocycles. The van der Waals surface area contributed by atoms with Gasteiger partial charge in [-0.2, -0.15) is 0 Å². The quantitative estimate of drug-likeness (QED) is 0.624. The van der Waals surface area contributed by atoms with Crippen molar-refractivity contribution in [2.45, 2.75) is 40.3 Å². The Hall–Kier alpha value is -2.73. The molecule has 1 saturated heterocycles. The predicted molar refractivity (Wildman–Crippen MR) is 121 cm³/mol. The van der Waals surface area contributed by atoms with E-state index in [1.807, 2.05) is 10.7 Å². The van der Waals surface area contributed by atoms with E-state index in [2.05, 4.69) is 95.5 Å². The van der Waals surface area contributed by atoms with Gasteiger partial charge < -0.3 is 4.90 Å². The van der Waals surface area contributed by atoms with Crippen LogP contribution < -0.4 is 4.90 Å². The number of benzene rings is 2. The molecule has 1 atom stereocenters. The van der Waals surface area contributed by atoms with Crippen LogP contribution in [-0.4, -0.2) is 51.3 Å². The summed E-state index contributed by atoms with van der Waals surface area (Å²) in [5.41, 5.74) is 5.33. The van der Waals surface area contributed by atoms with E-state index in [0.29, 0.717) is 12.5 Å². The maximum absolute atomic E-state index is 4.46. The fourth-order valence-electron chi connectivity index (χ4n) is 4.49. The molecular weight excluding hydrogens is 372 g/mol. The maximum Gasteiger partial charge on any atom is 0.169 e. The topological polar surface area (TPSA) is 50.1 Å². The van der Waals surface area contributed by atoms with Crippen molar-refractivity contribution in [2.24, 2.45) is 5.92 Å². The summed E-state index contributed by atoms with van der Waals surface area (Å²) in [5, 5.41) is 12.8. The van der Waals surface area contributed by atoms with Crippen molar-refractivity contribution in [3.8, 4) is 0 Å². The largest absolute Gasteiger partial charge is 0.369 e. The van der Waals surface area contributed by atoms with Crippen molar-refractivity contribution in [3.05, 3.63) is 71.0 Å². The molecule has 158 valence electrons. The van der Waals surface area contributed by atoms with Crippen LogP contribution in [0.25, 0.3) is 0 Å². The van der Waals surface area contributed by atoms with E-state index in [0.717, 1.165) is 32.0 Å². The van der Waals surface area contributed by atoms with Crippen molar-refractivity contribution in [2.75, 3.05) is 31.1 Å². The highest BCUT2D eigenvalue weighted by Crippen LogP contribution is 2.30. The number of rotatable bonds is 6. The molecule has 0 saturated carbocycles. The van der Waals surface area contributed by atoms with E-state index in [1.165, 1.54) is 22.4 Å². The SMILES string of the molecule is Cc1cccc(N2CCN([C@H](c3nnnn3Cc3ccccc3)C(C)C)CC2)c1C. The third kappa shape index (κ3) is 4.24. The molecule has 0 aliphatic carbocycles. The Balaban J connectivity index is 1.50. The Morgan fingerprint density at radius 1 is 0.900 bits per heavy atom. The maximum atomic E-state index is 4.46. The second-order valence-corrected chi connectivity index (χ2v) is 8.61. The van der Waals surface area contributed by atoms with E-state index < -0.39 is 0 Å². The van der Waals surface area contributed by atoms with Crippen LogP contribution in [0.5, 0.6) is 0 Å². The molecule has 6 nitrogen and oxygen atoms in total. The number of aromatic nitrogens is 4. The molecular formula is C24H32N6. The Morgan fingerprint density at radius 2 is 1.63 bits per heavy atom. The number of piperazine rings is 1. The average Bonchev–Trinajstić information content (AvgIpc) is 3.19. The standard InChI is InChI=1S/C24H32N6/c1-18(2)23(24-25-26-27-30(24)17-21-10-6-5-7-11-21)29-15-13-28(14-16-29)22-12-8-9-19(3)20(22)4/h5-12,18,23H,13-17H2,1-4H3/t23-/m0/s1. The number of nitrogens with zero attached hydrogens (tertiary/aromatic N) is 6. The van der Waals surface area contributed by atoms with E-state index in [-0.39, 0.29) is 6.04 Å². The summed E-state index contributed by atoms with van der Waals surface area (Å²) in [6.07, 6.45) is 0. The summed E-state index contributed by atoms with van der Waals surface area (Å²) in [5.74, 6) is 1.40. The zero-order valence-electron chi connectivity index (χ0n) is 18.5. The van der Waals surface area contributed by atoms with Crippen LogP contribution in [0.15, 0.2) is 48.5 Å². The van der Waals surface area contributed by atoms with Crippen molar-refractivity contribution in [3.63, 3.8) is 0 Å². The molecule has 0 N–H and O–H groups in total. The second-order valence-electron chi connectivity index (χ2n) is 8.61. The Labute approximate surface area is 179 Å². The second kappa shape index (κ2) is 8.96. The van der Waals surface area contributed by atoms with E-state index in [4.69, 9.17) is 0 Å². The minimum atomic E-state index is 0.212. The number of aryl methyl sites for hydroxylation is 1. The summed E-state index contributed by atoms with van der Waals surface area (Å²) in [4.78, 5) is 5.07. The molecule has 1 aliphatic rings. The zero-order chi connectivity index (χ0) is 21.1. The molecule has 1 fully saturated rings. The number of tetrazole rings is 1. The highest BCUT2D eigenvalue weighted by atomic mass is 15.6. The summed E-state index contributed by atoms with van der Waals surface area (Å²) in [7, 11) is 0. The average molecular weight is 405 g/mol. The van der Waals surface area contributed by atoms with Crippen LogP contribution in [0, 0.1) is 19.8 Å². The minimum Gasteiger partial charge on any atom is -0.369 e.